The molecule has 3 aliphatic carbocycles. The Bertz CT molecular complexity index is 347. The Morgan fingerprint density at radius 1 is 1.32 bits per heavy atom. The van der Waals surface area contributed by atoms with E-state index in [0.717, 1.165) is 23.7 Å². The SMILES string of the molecule is COCCC(N)C(=O)NC1CC2CC1C1CCCC21. The average molecular weight is 266 g/mol. The molecule has 0 aromatic heterocycles. The van der Waals surface area contributed by atoms with Crippen molar-refractivity contribution >= 4 is 5.91 Å². The first-order valence-corrected chi connectivity index (χ1v) is 7.75. The third-order valence-corrected chi connectivity index (χ3v) is 5.73. The van der Waals surface area contributed by atoms with Crippen LogP contribution in [0.15, 0.2) is 0 Å². The molecule has 0 spiro atoms. The van der Waals surface area contributed by atoms with Crippen LogP contribution < -0.4 is 11.1 Å². The molecule has 4 nitrogen and oxygen atoms in total. The van der Waals surface area contributed by atoms with Gasteiger partial charge < -0.3 is 15.8 Å². The third-order valence-electron chi connectivity index (χ3n) is 5.73. The minimum absolute atomic E-state index is 0.0177. The summed E-state index contributed by atoms with van der Waals surface area (Å²) in [5.74, 6) is 3.48. The Labute approximate surface area is 115 Å². The van der Waals surface area contributed by atoms with E-state index in [1.165, 1.54) is 32.1 Å². The van der Waals surface area contributed by atoms with Gasteiger partial charge in [-0.2, -0.15) is 0 Å². The molecular formula is C15H26N2O2. The van der Waals surface area contributed by atoms with E-state index in [1.807, 2.05) is 0 Å². The van der Waals surface area contributed by atoms with Gasteiger partial charge in [0.15, 0.2) is 0 Å². The predicted octanol–water partition coefficient (Wildman–Crippen LogP) is 1.29. The number of amides is 1. The maximum atomic E-state index is 12.1. The Hall–Kier alpha value is -0.610. The summed E-state index contributed by atoms with van der Waals surface area (Å²) in [5.41, 5.74) is 5.89. The summed E-state index contributed by atoms with van der Waals surface area (Å²) < 4.78 is 4.98. The summed E-state index contributed by atoms with van der Waals surface area (Å²) in [6.07, 6.45) is 7.35. The van der Waals surface area contributed by atoms with Crippen LogP contribution >= 0.6 is 0 Å². The van der Waals surface area contributed by atoms with Crippen molar-refractivity contribution in [3.8, 4) is 0 Å². The molecule has 6 unspecified atom stereocenters. The fourth-order valence-electron chi connectivity index (χ4n) is 4.90. The van der Waals surface area contributed by atoms with Crippen molar-refractivity contribution in [1.29, 1.82) is 0 Å². The van der Waals surface area contributed by atoms with Gasteiger partial charge in [-0.15, -0.1) is 0 Å². The second-order valence-electron chi connectivity index (χ2n) is 6.66. The molecule has 0 saturated heterocycles. The van der Waals surface area contributed by atoms with Crippen LogP contribution in [0.25, 0.3) is 0 Å². The standard InChI is InChI=1S/C15H26N2O2/c1-19-6-5-13(16)15(18)17-14-8-9-7-12(14)11-4-2-3-10(9)11/h9-14H,2-8,16H2,1H3,(H,17,18). The molecule has 0 aromatic rings. The van der Waals surface area contributed by atoms with Crippen LogP contribution in [0.2, 0.25) is 0 Å². The normalized spacial score (nSPS) is 41.3. The topological polar surface area (TPSA) is 64.3 Å². The molecule has 19 heavy (non-hydrogen) atoms. The Balaban J connectivity index is 1.53. The van der Waals surface area contributed by atoms with E-state index in [1.54, 1.807) is 7.11 Å². The lowest BCUT2D eigenvalue weighted by atomic mass is 9.79. The number of fused-ring (bicyclic) bond motifs is 5. The monoisotopic (exact) mass is 266 g/mol. The van der Waals surface area contributed by atoms with Crippen molar-refractivity contribution in [1.82, 2.24) is 5.32 Å². The minimum Gasteiger partial charge on any atom is -0.385 e. The maximum Gasteiger partial charge on any atom is 0.237 e. The molecule has 3 N–H and O–H groups in total. The summed E-state index contributed by atoms with van der Waals surface area (Å²) in [7, 11) is 1.64. The molecule has 1 amide bonds. The zero-order valence-electron chi connectivity index (χ0n) is 11.8. The molecule has 3 saturated carbocycles. The van der Waals surface area contributed by atoms with Crippen molar-refractivity contribution in [2.45, 2.75) is 50.6 Å². The lowest BCUT2D eigenvalue weighted by molar-refractivity contribution is -0.124. The van der Waals surface area contributed by atoms with Gasteiger partial charge in [0.1, 0.15) is 0 Å². The first kappa shape index (κ1) is 13.4. The fourth-order valence-corrected chi connectivity index (χ4v) is 4.90. The molecule has 108 valence electrons. The van der Waals surface area contributed by atoms with Crippen LogP contribution in [0.3, 0.4) is 0 Å². The Morgan fingerprint density at radius 3 is 2.89 bits per heavy atom. The number of nitrogens with two attached hydrogens (primary N) is 1. The Morgan fingerprint density at radius 2 is 2.11 bits per heavy atom. The molecular weight excluding hydrogens is 240 g/mol. The zero-order chi connectivity index (χ0) is 13.4. The van der Waals surface area contributed by atoms with Crippen molar-refractivity contribution < 1.29 is 9.53 Å². The second-order valence-corrected chi connectivity index (χ2v) is 6.66. The average Bonchev–Trinajstić information content (AvgIpc) is 3.06. The van der Waals surface area contributed by atoms with E-state index in [4.69, 9.17) is 10.5 Å². The van der Waals surface area contributed by atoms with Gasteiger partial charge in [0.2, 0.25) is 5.91 Å². The van der Waals surface area contributed by atoms with E-state index in [-0.39, 0.29) is 5.91 Å². The molecule has 4 heteroatoms. The van der Waals surface area contributed by atoms with Gasteiger partial charge in [0, 0.05) is 19.8 Å². The van der Waals surface area contributed by atoms with E-state index in [2.05, 4.69) is 5.32 Å². The van der Waals surface area contributed by atoms with Crippen LogP contribution in [0.4, 0.5) is 0 Å². The number of methoxy groups -OCH3 is 1. The van der Waals surface area contributed by atoms with Crippen LogP contribution in [-0.4, -0.2) is 31.7 Å². The van der Waals surface area contributed by atoms with Gasteiger partial charge in [-0.05, 0) is 55.8 Å². The highest BCUT2D eigenvalue weighted by Gasteiger charge is 2.54. The lowest BCUT2D eigenvalue weighted by Crippen LogP contribution is -2.49. The summed E-state index contributed by atoms with van der Waals surface area (Å²) in [4.78, 5) is 12.1. The highest BCUT2D eigenvalue weighted by molar-refractivity contribution is 5.81. The summed E-state index contributed by atoms with van der Waals surface area (Å²) in [6.45, 7) is 0.552. The molecule has 0 radical (unpaired) electrons. The van der Waals surface area contributed by atoms with Gasteiger partial charge in [-0.3, -0.25) is 4.79 Å². The highest BCUT2D eigenvalue weighted by Crippen LogP contribution is 2.58. The number of rotatable bonds is 5. The third kappa shape index (κ3) is 2.40. The Kier molecular flexibility index (Phi) is 3.81. The molecule has 6 atom stereocenters. The van der Waals surface area contributed by atoms with Crippen molar-refractivity contribution in [2.75, 3.05) is 13.7 Å². The molecule has 3 aliphatic rings. The molecule has 3 fully saturated rings. The first-order valence-electron chi connectivity index (χ1n) is 7.75. The van der Waals surface area contributed by atoms with Gasteiger partial charge in [-0.1, -0.05) is 6.42 Å². The van der Waals surface area contributed by atoms with Crippen LogP contribution in [0.1, 0.15) is 38.5 Å². The number of hydrogen-bond acceptors (Lipinski definition) is 3. The molecule has 0 aliphatic heterocycles. The summed E-state index contributed by atoms with van der Waals surface area (Å²) >= 11 is 0. The second kappa shape index (κ2) is 5.41. The van der Waals surface area contributed by atoms with Crippen molar-refractivity contribution in [3.05, 3.63) is 0 Å². The first-order chi connectivity index (χ1) is 9.20. The van der Waals surface area contributed by atoms with Gasteiger partial charge in [0.25, 0.3) is 0 Å². The van der Waals surface area contributed by atoms with Crippen LogP contribution in [-0.2, 0) is 9.53 Å². The van der Waals surface area contributed by atoms with Crippen LogP contribution in [0.5, 0.6) is 0 Å². The maximum absolute atomic E-state index is 12.1. The van der Waals surface area contributed by atoms with E-state index >= 15 is 0 Å². The smallest absolute Gasteiger partial charge is 0.237 e. The van der Waals surface area contributed by atoms with E-state index in [0.29, 0.717) is 19.1 Å². The zero-order valence-corrected chi connectivity index (χ0v) is 11.8. The molecule has 0 heterocycles. The number of carbonyl (C=O) groups excluding carboxylic acids is 1. The summed E-state index contributed by atoms with van der Waals surface area (Å²) in [5, 5.41) is 3.21. The van der Waals surface area contributed by atoms with E-state index < -0.39 is 6.04 Å². The summed E-state index contributed by atoms with van der Waals surface area (Å²) in [6, 6.07) is -0.0242. The van der Waals surface area contributed by atoms with Gasteiger partial charge in [0.05, 0.1) is 6.04 Å². The largest absolute Gasteiger partial charge is 0.385 e. The van der Waals surface area contributed by atoms with Crippen molar-refractivity contribution in [3.63, 3.8) is 0 Å². The van der Waals surface area contributed by atoms with Gasteiger partial charge in [-0.25, -0.2) is 0 Å². The van der Waals surface area contributed by atoms with Crippen molar-refractivity contribution in [2.24, 2.45) is 29.4 Å². The molecule has 3 rings (SSSR count). The fraction of sp³-hybridized carbons (Fsp3) is 0.933. The number of nitrogens with one attached hydrogen (secondary N) is 1. The number of ether oxygens (including phenoxy) is 1. The lowest BCUT2D eigenvalue weighted by Gasteiger charge is -2.32. The predicted molar refractivity (Wildman–Crippen MR) is 73.4 cm³/mol. The van der Waals surface area contributed by atoms with Gasteiger partial charge >= 0.3 is 0 Å². The minimum atomic E-state index is -0.418. The number of hydrogen-bond donors (Lipinski definition) is 2. The highest BCUT2D eigenvalue weighted by atomic mass is 16.5. The number of carbonyl (C=O) groups is 1. The van der Waals surface area contributed by atoms with E-state index in [9.17, 15) is 4.79 Å². The quantitative estimate of drug-likeness (QED) is 0.788. The molecule has 0 aromatic carbocycles. The van der Waals surface area contributed by atoms with Crippen LogP contribution in [0, 0.1) is 23.7 Å². The molecule has 2 bridgehead atoms.